The number of carbonyl (C=O) groups is 2. The Bertz CT molecular complexity index is 685. The molecule has 0 fully saturated rings. The molecule has 1 heterocycles. The van der Waals surface area contributed by atoms with Crippen LogP contribution in [0.2, 0.25) is 0 Å². The van der Waals surface area contributed by atoms with Crippen LogP contribution in [0.4, 0.5) is 5.69 Å². The summed E-state index contributed by atoms with van der Waals surface area (Å²) in [5.41, 5.74) is 6.17. The molecule has 0 atom stereocenters. The lowest BCUT2D eigenvalue weighted by Crippen LogP contribution is -2.17. The number of primary amides is 1. The number of aromatic carboxylic acids is 1. The number of hydrogen-bond acceptors (Lipinski definition) is 5. The molecule has 0 aliphatic carbocycles. The third-order valence-electron chi connectivity index (χ3n) is 2.67. The van der Waals surface area contributed by atoms with E-state index < -0.39 is 11.9 Å². The second-order valence-electron chi connectivity index (χ2n) is 4.13. The van der Waals surface area contributed by atoms with Gasteiger partial charge in [0.15, 0.2) is 5.69 Å². The number of nitrogens with zero attached hydrogens (tertiary/aromatic N) is 3. The Morgan fingerprint density at radius 1 is 1.43 bits per heavy atom. The fourth-order valence-corrected chi connectivity index (χ4v) is 2.29. The molecule has 0 unspecified atom stereocenters. The minimum absolute atomic E-state index is 0.115. The van der Waals surface area contributed by atoms with Crippen molar-refractivity contribution in [3.63, 3.8) is 0 Å². The maximum atomic E-state index is 11.4. The minimum Gasteiger partial charge on any atom is -0.476 e. The molecule has 0 aliphatic rings. The molecular weight excluding hydrogens is 342 g/mol. The van der Waals surface area contributed by atoms with E-state index in [4.69, 9.17) is 10.8 Å². The van der Waals surface area contributed by atoms with Crippen LogP contribution in [0.3, 0.4) is 0 Å². The standard InChI is InChI=1S/C12H12BrN5O3/c13-7-2-1-3-8(10(7)11(14)19)15-4-5-18-6-9(12(20)21)16-17-18/h1-3,6,15H,4-5H2,(H2,14,19)(H,20,21). The Labute approximate surface area is 128 Å². The van der Waals surface area contributed by atoms with Crippen LogP contribution in [0.5, 0.6) is 0 Å². The summed E-state index contributed by atoms with van der Waals surface area (Å²) in [6.45, 7) is 0.824. The second-order valence-corrected chi connectivity index (χ2v) is 4.98. The zero-order chi connectivity index (χ0) is 15.4. The Morgan fingerprint density at radius 2 is 2.19 bits per heavy atom. The number of halogens is 1. The van der Waals surface area contributed by atoms with E-state index in [0.717, 1.165) is 0 Å². The van der Waals surface area contributed by atoms with E-state index >= 15 is 0 Å². The van der Waals surface area contributed by atoms with Gasteiger partial charge in [0.25, 0.3) is 5.91 Å². The van der Waals surface area contributed by atoms with Crippen molar-refractivity contribution < 1.29 is 14.7 Å². The lowest BCUT2D eigenvalue weighted by molar-refractivity contribution is 0.0690. The van der Waals surface area contributed by atoms with Crippen LogP contribution in [-0.2, 0) is 6.54 Å². The average Bonchev–Trinajstić information content (AvgIpc) is 2.87. The lowest BCUT2D eigenvalue weighted by atomic mass is 10.1. The quantitative estimate of drug-likeness (QED) is 0.710. The van der Waals surface area contributed by atoms with Crippen LogP contribution >= 0.6 is 15.9 Å². The first-order valence-corrected chi connectivity index (χ1v) is 6.74. The van der Waals surface area contributed by atoms with Gasteiger partial charge in [-0.25, -0.2) is 9.48 Å². The molecule has 0 radical (unpaired) electrons. The molecule has 110 valence electrons. The Kier molecular flexibility index (Phi) is 4.53. The maximum absolute atomic E-state index is 11.4. The fourth-order valence-electron chi connectivity index (χ4n) is 1.73. The number of carbonyl (C=O) groups excluding carboxylic acids is 1. The van der Waals surface area contributed by atoms with Gasteiger partial charge >= 0.3 is 5.97 Å². The number of rotatable bonds is 6. The largest absolute Gasteiger partial charge is 0.476 e. The van der Waals surface area contributed by atoms with Gasteiger partial charge in [0.2, 0.25) is 0 Å². The molecule has 4 N–H and O–H groups in total. The van der Waals surface area contributed by atoms with Crippen molar-refractivity contribution in [2.45, 2.75) is 6.54 Å². The van der Waals surface area contributed by atoms with Crippen molar-refractivity contribution in [3.05, 3.63) is 40.1 Å². The fraction of sp³-hybridized carbons (Fsp3) is 0.167. The molecule has 21 heavy (non-hydrogen) atoms. The van der Waals surface area contributed by atoms with Gasteiger partial charge in [-0.3, -0.25) is 4.79 Å². The second kappa shape index (κ2) is 6.35. The number of amides is 1. The molecule has 2 rings (SSSR count). The lowest BCUT2D eigenvalue weighted by Gasteiger charge is -2.11. The Morgan fingerprint density at radius 3 is 2.81 bits per heavy atom. The number of hydrogen-bond donors (Lipinski definition) is 3. The van der Waals surface area contributed by atoms with Crippen LogP contribution in [-0.4, -0.2) is 38.5 Å². The molecule has 8 nitrogen and oxygen atoms in total. The highest BCUT2D eigenvalue weighted by Gasteiger charge is 2.12. The van der Waals surface area contributed by atoms with Gasteiger partial charge in [-0.05, 0) is 28.1 Å². The summed E-state index contributed by atoms with van der Waals surface area (Å²) in [5.74, 6) is -1.67. The molecular formula is C12H12BrN5O3. The smallest absolute Gasteiger partial charge is 0.358 e. The number of carboxylic acid groups (broad SMARTS) is 1. The monoisotopic (exact) mass is 353 g/mol. The predicted octanol–water partition coefficient (Wildman–Crippen LogP) is 0.950. The summed E-state index contributed by atoms with van der Waals surface area (Å²) in [7, 11) is 0. The van der Waals surface area contributed by atoms with Crippen LogP contribution < -0.4 is 11.1 Å². The van der Waals surface area contributed by atoms with Crippen molar-refractivity contribution >= 4 is 33.5 Å². The topological polar surface area (TPSA) is 123 Å². The van der Waals surface area contributed by atoms with E-state index in [1.807, 2.05) is 0 Å². The Balaban J connectivity index is 2.02. The van der Waals surface area contributed by atoms with E-state index in [9.17, 15) is 9.59 Å². The zero-order valence-electron chi connectivity index (χ0n) is 10.8. The molecule has 0 saturated heterocycles. The average molecular weight is 354 g/mol. The molecule has 0 bridgehead atoms. The summed E-state index contributed by atoms with van der Waals surface area (Å²) >= 11 is 3.27. The molecule has 1 aromatic heterocycles. The third-order valence-corrected chi connectivity index (χ3v) is 3.33. The number of carboxylic acids is 1. The summed E-state index contributed by atoms with van der Waals surface area (Å²) in [6.07, 6.45) is 1.33. The van der Waals surface area contributed by atoms with Gasteiger partial charge in [0, 0.05) is 16.7 Å². The van der Waals surface area contributed by atoms with Crippen molar-refractivity contribution in [2.24, 2.45) is 5.73 Å². The van der Waals surface area contributed by atoms with Crippen LogP contribution in [0.1, 0.15) is 20.8 Å². The van der Waals surface area contributed by atoms with Crippen molar-refractivity contribution in [2.75, 3.05) is 11.9 Å². The molecule has 1 amide bonds. The molecule has 1 aromatic carbocycles. The zero-order valence-corrected chi connectivity index (χ0v) is 12.4. The summed E-state index contributed by atoms with van der Waals surface area (Å²) in [6, 6.07) is 5.23. The molecule has 2 aromatic rings. The SMILES string of the molecule is NC(=O)c1c(Br)cccc1NCCn1cc(C(=O)O)nn1. The summed E-state index contributed by atoms with van der Waals surface area (Å²) in [5, 5.41) is 19.0. The molecule has 0 saturated carbocycles. The van der Waals surface area contributed by atoms with Gasteiger partial charge < -0.3 is 16.2 Å². The van der Waals surface area contributed by atoms with E-state index in [0.29, 0.717) is 28.8 Å². The predicted molar refractivity (Wildman–Crippen MR) is 78.1 cm³/mol. The van der Waals surface area contributed by atoms with E-state index in [1.165, 1.54) is 10.9 Å². The maximum Gasteiger partial charge on any atom is 0.358 e. The van der Waals surface area contributed by atoms with Gasteiger partial charge in [-0.2, -0.15) is 0 Å². The summed E-state index contributed by atoms with van der Waals surface area (Å²) < 4.78 is 2.01. The first kappa shape index (κ1) is 15.0. The van der Waals surface area contributed by atoms with Gasteiger partial charge in [0.05, 0.1) is 18.3 Å². The summed E-state index contributed by atoms with van der Waals surface area (Å²) in [4.78, 5) is 22.1. The molecule has 0 aliphatic heterocycles. The first-order chi connectivity index (χ1) is 9.99. The number of nitrogens with two attached hydrogens (primary N) is 1. The third kappa shape index (κ3) is 3.57. The first-order valence-electron chi connectivity index (χ1n) is 5.94. The van der Waals surface area contributed by atoms with Crippen LogP contribution in [0.15, 0.2) is 28.9 Å². The van der Waals surface area contributed by atoms with E-state index in [2.05, 4.69) is 31.6 Å². The highest BCUT2D eigenvalue weighted by molar-refractivity contribution is 9.10. The molecule has 0 spiro atoms. The molecule has 9 heteroatoms. The number of benzene rings is 1. The van der Waals surface area contributed by atoms with E-state index in [-0.39, 0.29) is 5.69 Å². The minimum atomic E-state index is -1.13. The number of aromatic nitrogens is 3. The Hall–Kier alpha value is -2.42. The van der Waals surface area contributed by atoms with E-state index in [1.54, 1.807) is 18.2 Å². The highest BCUT2D eigenvalue weighted by atomic mass is 79.9. The van der Waals surface area contributed by atoms with Gasteiger partial charge in [-0.15, -0.1) is 5.10 Å². The highest BCUT2D eigenvalue weighted by Crippen LogP contribution is 2.24. The van der Waals surface area contributed by atoms with Gasteiger partial charge in [0.1, 0.15) is 0 Å². The van der Waals surface area contributed by atoms with Crippen molar-refractivity contribution in [1.82, 2.24) is 15.0 Å². The van der Waals surface area contributed by atoms with Crippen LogP contribution in [0.25, 0.3) is 0 Å². The van der Waals surface area contributed by atoms with Crippen molar-refractivity contribution in [3.8, 4) is 0 Å². The van der Waals surface area contributed by atoms with Gasteiger partial charge in [-0.1, -0.05) is 11.3 Å². The number of nitrogens with one attached hydrogen (secondary N) is 1. The van der Waals surface area contributed by atoms with Crippen molar-refractivity contribution in [1.29, 1.82) is 0 Å². The number of anilines is 1. The van der Waals surface area contributed by atoms with Crippen LogP contribution in [0, 0.1) is 0 Å². The normalized spacial score (nSPS) is 10.3.